The van der Waals surface area contributed by atoms with E-state index >= 15 is 0 Å². The zero-order chi connectivity index (χ0) is 19.4. The van der Waals surface area contributed by atoms with Crippen LogP contribution in [0.15, 0.2) is 17.0 Å². The van der Waals surface area contributed by atoms with Crippen molar-refractivity contribution in [2.45, 2.75) is 12.8 Å². The van der Waals surface area contributed by atoms with Crippen LogP contribution in [0.1, 0.15) is 18.4 Å². The molecule has 0 spiro atoms. The van der Waals surface area contributed by atoms with Crippen molar-refractivity contribution in [1.82, 2.24) is 4.90 Å². The minimum absolute atomic E-state index is 0.0858. The van der Waals surface area contributed by atoms with Crippen LogP contribution in [0.25, 0.3) is 6.08 Å². The van der Waals surface area contributed by atoms with Crippen molar-refractivity contribution in [2.24, 2.45) is 0 Å². The Bertz CT molecular complexity index is 822. The molecule has 1 aliphatic heterocycles. The molecule has 1 aromatic rings. The number of phenols is 1. The molecule has 0 bridgehead atoms. The van der Waals surface area contributed by atoms with Gasteiger partial charge < -0.3 is 14.9 Å². The zero-order valence-electron chi connectivity index (χ0n) is 13.5. The van der Waals surface area contributed by atoms with E-state index in [-0.39, 0.29) is 39.9 Å². The highest BCUT2D eigenvalue weighted by molar-refractivity contribution is 8.26. The summed E-state index contributed by atoms with van der Waals surface area (Å²) in [5, 5.41) is 29.5. The summed E-state index contributed by atoms with van der Waals surface area (Å²) in [6.07, 6.45) is 1.58. The monoisotopic (exact) mass is 398 g/mol. The fraction of sp³-hybridized carbons (Fsp3) is 0.267. The molecule has 9 nitrogen and oxygen atoms in total. The molecule has 1 saturated heterocycles. The number of carbonyl (C=O) groups excluding carboxylic acids is 1. The number of aromatic hydroxyl groups is 1. The molecule has 0 aromatic heterocycles. The number of carboxylic acids is 1. The summed E-state index contributed by atoms with van der Waals surface area (Å²) in [4.78, 5) is 34.8. The number of amides is 1. The second-order valence-electron chi connectivity index (χ2n) is 5.18. The topological polar surface area (TPSA) is 130 Å². The van der Waals surface area contributed by atoms with E-state index in [9.17, 15) is 24.8 Å². The van der Waals surface area contributed by atoms with Gasteiger partial charge in [0.25, 0.3) is 5.91 Å². The zero-order valence-corrected chi connectivity index (χ0v) is 15.1. The lowest BCUT2D eigenvalue weighted by Crippen LogP contribution is -2.29. The summed E-state index contributed by atoms with van der Waals surface area (Å²) in [7, 11) is 1.25. The Labute approximate surface area is 157 Å². The Hall–Kier alpha value is -2.66. The number of methoxy groups -OCH3 is 1. The van der Waals surface area contributed by atoms with Gasteiger partial charge in [0.15, 0.2) is 5.75 Å². The molecule has 138 valence electrons. The standard InChI is InChI=1S/C15H14N2O7S2/c1-24-10-6-8(5-9(13(10)20)17(22)23)7-11-14(21)16(15(25)26-11)4-2-3-12(18)19/h5-7,20H,2-4H2,1H3,(H,18,19). The maximum Gasteiger partial charge on any atom is 0.315 e. The average Bonchev–Trinajstić information content (AvgIpc) is 2.83. The number of carboxylic acid groups (broad SMARTS) is 1. The minimum atomic E-state index is -0.963. The van der Waals surface area contributed by atoms with Gasteiger partial charge in [-0.25, -0.2) is 0 Å². The maximum atomic E-state index is 12.4. The Kier molecular flexibility index (Phi) is 6.16. The van der Waals surface area contributed by atoms with E-state index in [4.69, 9.17) is 22.1 Å². The number of thiocarbonyl (C=S) groups is 1. The molecule has 26 heavy (non-hydrogen) atoms. The van der Waals surface area contributed by atoms with Gasteiger partial charge in [0.2, 0.25) is 5.75 Å². The smallest absolute Gasteiger partial charge is 0.315 e. The number of thioether (sulfide) groups is 1. The third kappa shape index (κ3) is 4.29. The SMILES string of the molecule is COc1cc(C=C2SC(=S)N(CCCC(=O)O)C2=O)cc([N+](=O)[O-])c1O. The van der Waals surface area contributed by atoms with E-state index in [0.29, 0.717) is 0 Å². The highest BCUT2D eigenvalue weighted by atomic mass is 32.2. The summed E-state index contributed by atoms with van der Waals surface area (Å²) in [5.41, 5.74) is -0.259. The van der Waals surface area contributed by atoms with Crippen LogP contribution in [0.3, 0.4) is 0 Å². The lowest BCUT2D eigenvalue weighted by molar-refractivity contribution is -0.386. The quantitative estimate of drug-likeness (QED) is 0.307. The molecular formula is C15H14N2O7S2. The Balaban J connectivity index is 2.28. The predicted octanol–water partition coefficient (Wildman–Crippen LogP) is 2.38. The van der Waals surface area contributed by atoms with E-state index < -0.39 is 28.2 Å². The van der Waals surface area contributed by atoms with Gasteiger partial charge in [0.1, 0.15) is 4.32 Å². The molecule has 2 rings (SSSR count). The molecule has 0 saturated carbocycles. The molecule has 1 aromatic carbocycles. The van der Waals surface area contributed by atoms with E-state index in [1.54, 1.807) is 0 Å². The lowest BCUT2D eigenvalue weighted by atomic mass is 10.1. The average molecular weight is 398 g/mol. The van der Waals surface area contributed by atoms with Crippen molar-refractivity contribution < 1.29 is 29.5 Å². The van der Waals surface area contributed by atoms with Gasteiger partial charge in [-0.3, -0.25) is 24.6 Å². The van der Waals surface area contributed by atoms with Crippen LogP contribution in [0.5, 0.6) is 11.5 Å². The van der Waals surface area contributed by atoms with E-state index in [1.807, 2.05) is 0 Å². The van der Waals surface area contributed by atoms with Crippen LogP contribution in [0.4, 0.5) is 5.69 Å². The second-order valence-corrected chi connectivity index (χ2v) is 6.85. The van der Waals surface area contributed by atoms with Crippen molar-refractivity contribution >= 4 is 51.9 Å². The van der Waals surface area contributed by atoms with Crippen LogP contribution in [-0.2, 0) is 9.59 Å². The fourth-order valence-electron chi connectivity index (χ4n) is 2.22. The van der Waals surface area contributed by atoms with E-state index in [0.717, 1.165) is 17.8 Å². The van der Waals surface area contributed by atoms with Gasteiger partial charge in [0.05, 0.1) is 16.9 Å². The summed E-state index contributed by atoms with van der Waals surface area (Å²) < 4.78 is 5.20. The van der Waals surface area contributed by atoms with Crippen molar-refractivity contribution in [2.75, 3.05) is 13.7 Å². The molecule has 11 heteroatoms. The van der Waals surface area contributed by atoms with Gasteiger partial charge in [-0.2, -0.15) is 0 Å². The fourth-order valence-corrected chi connectivity index (χ4v) is 3.53. The van der Waals surface area contributed by atoms with E-state index in [2.05, 4.69) is 0 Å². The first kappa shape index (κ1) is 19.7. The normalized spacial score (nSPS) is 15.6. The van der Waals surface area contributed by atoms with E-state index in [1.165, 1.54) is 24.2 Å². The van der Waals surface area contributed by atoms with Crippen LogP contribution < -0.4 is 4.74 Å². The molecule has 1 heterocycles. The largest absolute Gasteiger partial charge is 0.500 e. The number of benzene rings is 1. The summed E-state index contributed by atoms with van der Waals surface area (Å²) >= 11 is 6.15. The van der Waals surface area contributed by atoms with Crippen LogP contribution in [-0.4, -0.2) is 49.9 Å². The van der Waals surface area contributed by atoms with Crippen LogP contribution in [0, 0.1) is 10.1 Å². The first-order chi connectivity index (χ1) is 12.2. The van der Waals surface area contributed by atoms with Gasteiger partial charge in [-0.1, -0.05) is 24.0 Å². The van der Waals surface area contributed by atoms with Crippen molar-refractivity contribution in [3.05, 3.63) is 32.7 Å². The third-order valence-electron chi connectivity index (χ3n) is 3.44. The lowest BCUT2D eigenvalue weighted by Gasteiger charge is -2.13. The number of phenolic OH excluding ortho intramolecular Hbond substituents is 1. The number of nitro benzene ring substituents is 1. The number of nitro groups is 1. The highest BCUT2D eigenvalue weighted by Crippen LogP contribution is 2.39. The second kappa shape index (κ2) is 8.15. The number of hydrogen-bond acceptors (Lipinski definition) is 8. The van der Waals surface area contributed by atoms with Gasteiger partial charge in [-0.15, -0.1) is 0 Å². The molecule has 1 fully saturated rings. The first-order valence-electron chi connectivity index (χ1n) is 7.27. The van der Waals surface area contributed by atoms with Crippen molar-refractivity contribution in [3.63, 3.8) is 0 Å². The predicted molar refractivity (Wildman–Crippen MR) is 98.1 cm³/mol. The van der Waals surface area contributed by atoms with Gasteiger partial charge in [-0.05, 0) is 24.1 Å². The van der Waals surface area contributed by atoms with Crippen molar-refractivity contribution in [3.8, 4) is 11.5 Å². The molecule has 0 atom stereocenters. The maximum absolute atomic E-state index is 12.4. The molecule has 2 N–H and O–H groups in total. The molecule has 1 aliphatic rings. The molecule has 0 aliphatic carbocycles. The molecule has 0 unspecified atom stereocenters. The number of aliphatic carboxylic acids is 1. The Morgan fingerprint density at radius 1 is 1.50 bits per heavy atom. The van der Waals surface area contributed by atoms with Crippen LogP contribution >= 0.6 is 24.0 Å². The summed E-state index contributed by atoms with van der Waals surface area (Å²) in [6.45, 7) is 0.174. The third-order valence-corrected chi connectivity index (χ3v) is 4.82. The Morgan fingerprint density at radius 2 is 2.19 bits per heavy atom. The minimum Gasteiger partial charge on any atom is -0.500 e. The van der Waals surface area contributed by atoms with Crippen molar-refractivity contribution in [1.29, 1.82) is 0 Å². The molecule has 0 radical (unpaired) electrons. The number of carbonyl (C=O) groups is 2. The van der Waals surface area contributed by atoms with Gasteiger partial charge in [0, 0.05) is 19.0 Å². The first-order valence-corrected chi connectivity index (χ1v) is 8.49. The summed E-state index contributed by atoms with van der Waals surface area (Å²) in [6, 6.07) is 2.48. The highest BCUT2D eigenvalue weighted by Gasteiger charge is 2.32. The number of ether oxygens (including phenoxy) is 1. The Morgan fingerprint density at radius 3 is 2.77 bits per heavy atom. The number of hydrogen-bond donors (Lipinski definition) is 2. The number of nitrogens with zero attached hydrogens (tertiary/aromatic N) is 2. The van der Waals surface area contributed by atoms with Gasteiger partial charge >= 0.3 is 11.7 Å². The van der Waals surface area contributed by atoms with Crippen LogP contribution in [0.2, 0.25) is 0 Å². The number of rotatable bonds is 7. The molecule has 1 amide bonds. The molecular weight excluding hydrogens is 384 g/mol. The summed E-state index contributed by atoms with van der Waals surface area (Å²) in [5.74, 6) is -2.06.